The molecule has 1 nitrogen and oxygen atoms in total. The van der Waals surface area contributed by atoms with E-state index in [0.29, 0.717) is 6.61 Å². The van der Waals surface area contributed by atoms with Crippen molar-refractivity contribution in [2.75, 3.05) is 13.2 Å². The molecule has 0 N–H and O–H groups in total. The lowest BCUT2D eigenvalue weighted by Gasteiger charge is -2.16. The average Bonchev–Trinajstić information content (AvgIpc) is 2.36. The van der Waals surface area contributed by atoms with E-state index in [1.165, 1.54) is 0 Å². The lowest BCUT2D eigenvalue weighted by Crippen LogP contribution is -2.21. The fourth-order valence-corrected chi connectivity index (χ4v) is 1.35. The second-order valence-electron chi connectivity index (χ2n) is 3.31. The molecular weight excluding hydrogens is 131 g/mol. The molecule has 0 amide bonds. The van der Waals surface area contributed by atoms with E-state index in [2.05, 4.69) is 0 Å². The first-order chi connectivity index (χ1) is 4.72. The van der Waals surface area contributed by atoms with Gasteiger partial charge < -0.3 is 4.74 Å². The zero-order valence-corrected chi connectivity index (χ0v) is 6.64. The third kappa shape index (κ3) is 1.69. The summed E-state index contributed by atoms with van der Waals surface area (Å²) >= 11 is 0. The molecule has 1 heterocycles. The molecule has 10 heavy (non-hydrogen) atoms. The second-order valence-corrected chi connectivity index (χ2v) is 3.31. The van der Waals surface area contributed by atoms with Crippen molar-refractivity contribution in [1.29, 1.82) is 0 Å². The van der Waals surface area contributed by atoms with Crippen molar-refractivity contribution in [3.8, 4) is 0 Å². The van der Waals surface area contributed by atoms with E-state index in [4.69, 9.17) is 4.74 Å². The molecule has 2 unspecified atom stereocenters. The molecule has 1 saturated heterocycles. The lowest BCUT2D eigenvalue weighted by atomic mass is 9.94. The predicted molar refractivity (Wildman–Crippen MR) is 38.7 cm³/mol. The molecule has 1 aliphatic heterocycles. The van der Waals surface area contributed by atoms with E-state index in [1.54, 1.807) is 0 Å². The molecule has 0 aliphatic carbocycles. The fraction of sp³-hybridized carbons (Fsp3) is 1.00. The number of hydrogen-bond acceptors (Lipinski definition) is 1. The SMILES string of the molecule is CC(C)C(F)C1CCOC1. The van der Waals surface area contributed by atoms with Crippen LogP contribution in [-0.2, 0) is 4.74 Å². The summed E-state index contributed by atoms with van der Waals surface area (Å²) in [7, 11) is 0. The summed E-state index contributed by atoms with van der Waals surface area (Å²) in [6.45, 7) is 5.21. The van der Waals surface area contributed by atoms with E-state index in [-0.39, 0.29) is 11.8 Å². The van der Waals surface area contributed by atoms with Crippen molar-refractivity contribution in [2.24, 2.45) is 11.8 Å². The molecule has 0 radical (unpaired) electrons. The highest BCUT2D eigenvalue weighted by atomic mass is 19.1. The zero-order valence-electron chi connectivity index (χ0n) is 6.64. The summed E-state index contributed by atoms with van der Waals surface area (Å²) in [5.41, 5.74) is 0. The third-order valence-corrected chi connectivity index (χ3v) is 2.05. The zero-order chi connectivity index (χ0) is 7.56. The van der Waals surface area contributed by atoms with Crippen molar-refractivity contribution in [2.45, 2.75) is 26.4 Å². The van der Waals surface area contributed by atoms with Crippen LogP contribution in [-0.4, -0.2) is 19.4 Å². The van der Waals surface area contributed by atoms with Gasteiger partial charge >= 0.3 is 0 Å². The summed E-state index contributed by atoms with van der Waals surface area (Å²) < 4.78 is 18.2. The van der Waals surface area contributed by atoms with Crippen LogP contribution in [0, 0.1) is 11.8 Å². The highest BCUT2D eigenvalue weighted by Crippen LogP contribution is 2.24. The van der Waals surface area contributed by atoms with Gasteiger partial charge in [-0.05, 0) is 12.3 Å². The van der Waals surface area contributed by atoms with Crippen molar-refractivity contribution in [3.63, 3.8) is 0 Å². The van der Waals surface area contributed by atoms with Gasteiger partial charge in [0.2, 0.25) is 0 Å². The van der Waals surface area contributed by atoms with Gasteiger partial charge in [-0.3, -0.25) is 0 Å². The molecule has 0 aromatic heterocycles. The van der Waals surface area contributed by atoms with Crippen LogP contribution in [0.25, 0.3) is 0 Å². The van der Waals surface area contributed by atoms with Crippen molar-refractivity contribution >= 4 is 0 Å². The Morgan fingerprint density at radius 3 is 2.60 bits per heavy atom. The topological polar surface area (TPSA) is 9.23 Å². The Balaban J connectivity index is 2.32. The standard InChI is InChI=1S/C8H15FO/c1-6(2)8(9)7-3-4-10-5-7/h6-8H,3-5H2,1-2H3. The average molecular weight is 146 g/mol. The minimum absolute atomic E-state index is 0.145. The normalized spacial score (nSPS) is 29.4. The second kappa shape index (κ2) is 3.33. The Labute approximate surface area is 61.6 Å². The molecule has 0 aromatic carbocycles. The molecule has 1 aliphatic rings. The van der Waals surface area contributed by atoms with E-state index in [0.717, 1.165) is 13.0 Å². The minimum Gasteiger partial charge on any atom is -0.381 e. The summed E-state index contributed by atoms with van der Waals surface area (Å²) in [6.07, 6.45) is 0.238. The van der Waals surface area contributed by atoms with E-state index >= 15 is 0 Å². The quantitative estimate of drug-likeness (QED) is 0.579. The first-order valence-corrected chi connectivity index (χ1v) is 3.93. The number of alkyl halides is 1. The van der Waals surface area contributed by atoms with Gasteiger partial charge in [-0.1, -0.05) is 13.8 Å². The highest BCUT2D eigenvalue weighted by Gasteiger charge is 2.27. The Morgan fingerprint density at radius 1 is 1.50 bits per heavy atom. The van der Waals surface area contributed by atoms with Gasteiger partial charge in [0.1, 0.15) is 6.17 Å². The molecule has 1 rings (SSSR count). The summed E-state index contributed by atoms with van der Waals surface area (Å²) in [5, 5.41) is 0. The van der Waals surface area contributed by atoms with Gasteiger partial charge in [-0.15, -0.1) is 0 Å². The molecule has 0 aromatic rings. The van der Waals surface area contributed by atoms with Crippen LogP contribution in [0.3, 0.4) is 0 Å². The van der Waals surface area contributed by atoms with Crippen LogP contribution >= 0.6 is 0 Å². The van der Waals surface area contributed by atoms with Crippen molar-refractivity contribution in [1.82, 2.24) is 0 Å². The first-order valence-electron chi connectivity index (χ1n) is 3.93. The predicted octanol–water partition coefficient (Wildman–Crippen LogP) is 2.02. The molecule has 60 valence electrons. The van der Waals surface area contributed by atoms with Crippen molar-refractivity contribution < 1.29 is 9.13 Å². The molecule has 1 fully saturated rings. The molecule has 0 saturated carbocycles. The van der Waals surface area contributed by atoms with Gasteiger partial charge in [-0.25, -0.2) is 4.39 Å². The molecular formula is C8H15FO. The van der Waals surface area contributed by atoms with Crippen LogP contribution in [0.1, 0.15) is 20.3 Å². The summed E-state index contributed by atoms with van der Waals surface area (Å²) in [4.78, 5) is 0. The maximum Gasteiger partial charge on any atom is 0.107 e. The van der Waals surface area contributed by atoms with Gasteiger partial charge in [0.15, 0.2) is 0 Å². The highest BCUT2D eigenvalue weighted by molar-refractivity contribution is 4.74. The largest absolute Gasteiger partial charge is 0.381 e. The van der Waals surface area contributed by atoms with Gasteiger partial charge in [0, 0.05) is 12.5 Å². The fourth-order valence-electron chi connectivity index (χ4n) is 1.35. The van der Waals surface area contributed by atoms with Crippen LogP contribution in [0.2, 0.25) is 0 Å². The maximum absolute atomic E-state index is 13.2. The molecule has 2 atom stereocenters. The summed E-state index contributed by atoms with van der Waals surface area (Å²) in [6, 6.07) is 0. The number of ether oxygens (including phenoxy) is 1. The van der Waals surface area contributed by atoms with E-state index < -0.39 is 6.17 Å². The smallest absolute Gasteiger partial charge is 0.107 e. The van der Waals surface area contributed by atoms with Crippen LogP contribution in [0.4, 0.5) is 4.39 Å². The lowest BCUT2D eigenvalue weighted by molar-refractivity contribution is 0.131. The Bertz CT molecular complexity index is 97.4. The monoisotopic (exact) mass is 146 g/mol. The van der Waals surface area contributed by atoms with Crippen LogP contribution in [0.5, 0.6) is 0 Å². The Hall–Kier alpha value is -0.110. The maximum atomic E-state index is 13.2. The Kier molecular flexibility index (Phi) is 2.66. The van der Waals surface area contributed by atoms with Gasteiger partial charge in [-0.2, -0.15) is 0 Å². The van der Waals surface area contributed by atoms with E-state index in [1.807, 2.05) is 13.8 Å². The van der Waals surface area contributed by atoms with Crippen LogP contribution < -0.4 is 0 Å². The number of halogens is 1. The molecule has 0 spiro atoms. The minimum atomic E-state index is -0.664. The number of rotatable bonds is 2. The molecule has 0 bridgehead atoms. The van der Waals surface area contributed by atoms with Gasteiger partial charge in [0.25, 0.3) is 0 Å². The summed E-state index contributed by atoms with van der Waals surface area (Å²) in [5.74, 6) is 0.312. The Morgan fingerprint density at radius 2 is 2.20 bits per heavy atom. The van der Waals surface area contributed by atoms with Gasteiger partial charge in [0.05, 0.1) is 6.61 Å². The third-order valence-electron chi connectivity index (χ3n) is 2.05. The van der Waals surface area contributed by atoms with Crippen LogP contribution in [0.15, 0.2) is 0 Å². The van der Waals surface area contributed by atoms with E-state index in [9.17, 15) is 4.39 Å². The van der Waals surface area contributed by atoms with Crippen molar-refractivity contribution in [3.05, 3.63) is 0 Å². The molecule has 2 heteroatoms. The first kappa shape index (κ1) is 7.99. The number of hydrogen-bond donors (Lipinski definition) is 0.